The van der Waals surface area contributed by atoms with Crippen molar-refractivity contribution in [1.82, 2.24) is 9.80 Å². The van der Waals surface area contributed by atoms with Gasteiger partial charge in [0.15, 0.2) is 0 Å². The summed E-state index contributed by atoms with van der Waals surface area (Å²) in [6.07, 6.45) is 1.34. The molecule has 6 nitrogen and oxygen atoms in total. The summed E-state index contributed by atoms with van der Waals surface area (Å²) in [5, 5.41) is 0. The molecule has 0 radical (unpaired) electrons. The summed E-state index contributed by atoms with van der Waals surface area (Å²) >= 11 is 0. The van der Waals surface area contributed by atoms with Crippen LogP contribution in [0, 0.1) is 0 Å². The molecule has 0 saturated carbocycles. The van der Waals surface area contributed by atoms with E-state index in [1.54, 1.807) is 4.90 Å². The average Bonchev–Trinajstić information content (AvgIpc) is 3.21. The number of rotatable bonds is 5. The van der Waals surface area contributed by atoms with Gasteiger partial charge in [-0.2, -0.15) is 0 Å². The van der Waals surface area contributed by atoms with Crippen molar-refractivity contribution in [3.05, 3.63) is 71.8 Å². The summed E-state index contributed by atoms with van der Waals surface area (Å²) < 4.78 is 4.88. The molecule has 3 atom stereocenters. The molecule has 2 heterocycles. The maximum absolute atomic E-state index is 13.5. The van der Waals surface area contributed by atoms with Crippen LogP contribution in [0.15, 0.2) is 60.7 Å². The number of carbonyl (C=O) groups is 3. The van der Waals surface area contributed by atoms with E-state index in [1.165, 1.54) is 12.0 Å². The van der Waals surface area contributed by atoms with E-state index in [4.69, 9.17) is 4.74 Å². The Labute approximate surface area is 170 Å². The number of benzene rings is 2. The Morgan fingerprint density at radius 3 is 2.17 bits per heavy atom. The molecule has 2 aromatic carbocycles. The Kier molecular flexibility index (Phi) is 5.34. The quantitative estimate of drug-likeness (QED) is 0.732. The van der Waals surface area contributed by atoms with Crippen molar-refractivity contribution < 1.29 is 19.1 Å². The molecule has 0 aromatic heterocycles. The fourth-order valence-electron chi connectivity index (χ4n) is 4.38. The van der Waals surface area contributed by atoms with Crippen LogP contribution in [0.2, 0.25) is 0 Å². The molecule has 0 N–H and O–H groups in total. The van der Waals surface area contributed by atoms with Crippen LogP contribution in [-0.4, -0.2) is 52.8 Å². The fraction of sp³-hybridized carbons (Fsp3) is 0.348. The van der Waals surface area contributed by atoms with Crippen LogP contribution in [-0.2, 0) is 32.1 Å². The van der Waals surface area contributed by atoms with E-state index in [2.05, 4.69) is 0 Å². The lowest BCUT2D eigenvalue weighted by Gasteiger charge is -2.43. The zero-order valence-corrected chi connectivity index (χ0v) is 16.4. The third-order valence-electron chi connectivity index (χ3n) is 5.81. The second-order valence-corrected chi connectivity index (χ2v) is 7.53. The standard InChI is InChI=1S/C23H24N2O4/c1-29-23(28)19-13-12-18-21(26)24(15-17-10-6-3-7-11-17)20(22(27)25(18)19)14-16-8-4-2-5-9-16/h2-11,18-20H,12-15H2,1H3/t18-,19+,20+/m1/s1. The van der Waals surface area contributed by atoms with Crippen molar-refractivity contribution in [2.75, 3.05) is 7.11 Å². The Bertz CT molecular complexity index is 900. The molecular formula is C23H24N2O4. The fourth-order valence-corrected chi connectivity index (χ4v) is 4.38. The molecule has 2 saturated heterocycles. The summed E-state index contributed by atoms with van der Waals surface area (Å²) in [7, 11) is 1.31. The van der Waals surface area contributed by atoms with Gasteiger partial charge in [-0.3, -0.25) is 9.59 Å². The van der Waals surface area contributed by atoms with Gasteiger partial charge in [0.25, 0.3) is 0 Å². The van der Waals surface area contributed by atoms with E-state index in [1.807, 2.05) is 60.7 Å². The summed E-state index contributed by atoms with van der Waals surface area (Å²) in [5.74, 6) is -0.730. The third-order valence-corrected chi connectivity index (χ3v) is 5.81. The second-order valence-electron chi connectivity index (χ2n) is 7.53. The number of piperazine rings is 1. The first-order valence-electron chi connectivity index (χ1n) is 9.88. The number of esters is 1. The topological polar surface area (TPSA) is 66.9 Å². The largest absolute Gasteiger partial charge is 0.467 e. The molecule has 4 rings (SSSR count). The summed E-state index contributed by atoms with van der Waals surface area (Å²) in [6, 6.07) is 17.4. The second kappa shape index (κ2) is 8.07. The van der Waals surface area contributed by atoms with Crippen LogP contribution in [0.4, 0.5) is 0 Å². The van der Waals surface area contributed by atoms with Crippen LogP contribution in [0.25, 0.3) is 0 Å². The minimum absolute atomic E-state index is 0.0965. The van der Waals surface area contributed by atoms with Gasteiger partial charge in [0, 0.05) is 13.0 Å². The predicted octanol–water partition coefficient (Wildman–Crippen LogP) is 2.17. The zero-order chi connectivity index (χ0) is 20.4. The molecule has 150 valence electrons. The predicted molar refractivity (Wildman–Crippen MR) is 107 cm³/mol. The molecular weight excluding hydrogens is 368 g/mol. The first kappa shape index (κ1) is 19.2. The molecule has 29 heavy (non-hydrogen) atoms. The lowest BCUT2D eigenvalue weighted by Crippen LogP contribution is -2.65. The highest BCUT2D eigenvalue weighted by Gasteiger charge is 2.53. The molecule has 0 bridgehead atoms. The Hall–Kier alpha value is -3.15. The number of hydrogen-bond acceptors (Lipinski definition) is 4. The van der Waals surface area contributed by atoms with E-state index in [-0.39, 0.29) is 11.8 Å². The van der Waals surface area contributed by atoms with E-state index in [0.717, 1.165) is 11.1 Å². The highest BCUT2D eigenvalue weighted by Crippen LogP contribution is 2.34. The van der Waals surface area contributed by atoms with Gasteiger partial charge in [0.1, 0.15) is 18.1 Å². The van der Waals surface area contributed by atoms with Gasteiger partial charge in [-0.25, -0.2) is 4.79 Å². The van der Waals surface area contributed by atoms with E-state index < -0.39 is 24.1 Å². The normalized spacial score (nSPS) is 23.8. The first-order valence-corrected chi connectivity index (χ1v) is 9.88. The molecule has 2 aliphatic rings. The number of methoxy groups -OCH3 is 1. The average molecular weight is 392 g/mol. The first-order chi connectivity index (χ1) is 14.1. The number of fused-ring (bicyclic) bond motifs is 1. The Morgan fingerprint density at radius 1 is 0.931 bits per heavy atom. The highest BCUT2D eigenvalue weighted by atomic mass is 16.5. The van der Waals surface area contributed by atoms with Crippen molar-refractivity contribution in [2.45, 2.75) is 43.9 Å². The van der Waals surface area contributed by atoms with Gasteiger partial charge in [-0.1, -0.05) is 60.7 Å². The number of carbonyl (C=O) groups excluding carboxylic acids is 3. The van der Waals surface area contributed by atoms with Gasteiger partial charge in [0.05, 0.1) is 7.11 Å². The molecule has 2 aliphatic heterocycles. The van der Waals surface area contributed by atoms with Crippen LogP contribution >= 0.6 is 0 Å². The van der Waals surface area contributed by atoms with Gasteiger partial charge < -0.3 is 14.5 Å². The molecule has 2 fully saturated rings. The summed E-state index contributed by atoms with van der Waals surface area (Å²) in [6.45, 7) is 0.371. The van der Waals surface area contributed by atoms with Crippen molar-refractivity contribution >= 4 is 17.8 Å². The monoisotopic (exact) mass is 392 g/mol. The number of ether oxygens (including phenoxy) is 1. The highest BCUT2D eigenvalue weighted by molar-refractivity contribution is 6.00. The van der Waals surface area contributed by atoms with Gasteiger partial charge >= 0.3 is 5.97 Å². The van der Waals surface area contributed by atoms with Crippen molar-refractivity contribution in [3.8, 4) is 0 Å². The molecule has 2 amide bonds. The molecule has 0 unspecified atom stereocenters. The summed E-state index contributed by atoms with van der Waals surface area (Å²) in [5.41, 5.74) is 1.95. The maximum atomic E-state index is 13.5. The van der Waals surface area contributed by atoms with Gasteiger partial charge in [0.2, 0.25) is 11.8 Å². The molecule has 0 spiro atoms. The SMILES string of the molecule is COC(=O)[C@@H]1CC[C@@H]2C(=O)N(Cc3ccccc3)[C@@H](Cc3ccccc3)C(=O)N21. The van der Waals surface area contributed by atoms with Gasteiger partial charge in [-0.05, 0) is 24.0 Å². The van der Waals surface area contributed by atoms with Crippen LogP contribution < -0.4 is 0 Å². The smallest absolute Gasteiger partial charge is 0.328 e. The minimum Gasteiger partial charge on any atom is -0.467 e. The van der Waals surface area contributed by atoms with E-state index in [9.17, 15) is 14.4 Å². The molecule has 0 aliphatic carbocycles. The Balaban J connectivity index is 1.68. The number of hydrogen-bond donors (Lipinski definition) is 0. The van der Waals surface area contributed by atoms with Crippen LogP contribution in [0.5, 0.6) is 0 Å². The molecule has 6 heteroatoms. The van der Waals surface area contributed by atoms with E-state index >= 15 is 0 Å². The minimum atomic E-state index is -0.682. The number of nitrogens with zero attached hydrogens (tertiary/aromatic N) is 2. The third kappa shape index (κ3) is 3.62. The molecule has 2 aromatic rings. The van der Waals surface area contributed by atoms with Crippen molar-refractivity contribution in [3.63, 3.8) is 0 Å². The van der Waals surface area contributed by atoms with Gasteiger partial charge in [-0.15, -0.1) is 0 Å². The van der Waals surface area contributed by atoms with Crippen LogP contribution in [0.1, 0.15) is 24.0 Å². The lowest BCUT2D eigenvalue weighted by atomic mass is 9.97. The van der Waals surface area contributed by atoms with E-state index in [0.29, 0.717) is 25.8 Å². The van der Waals surface area contributed by atoms with Crippen molar-refractivity contribution in [1.29, 1.82) is 0 Å². The van der Waals surface area contributed by atoms with Crippen molar-refractivity contribution in [2.24, 2.45) is 0 Å². The maximum Gasteiger partial charge on any atom is 0.328 e. The Morgan fingerprint density at radius 2 is 1.55 bits per heavy atom. The van der Waals surface area contributed by atoms with Crippen LogP contribution in [0.3, 0.4) is 0 Å². The summed E-state index contributed by atoms with van der Waals surface area (Å²) in [4.78, 5) is 42.3. The zero-order valence-electron chi connectivity index (χ0n) is 16.4. The lowest BCUT2D eigenvalue weighted by molar-refractivity contribution is -0.166. The number of amides is 2.